The zero-order valence-electron chi connectivity index (χ0n) is 11.6. The van der Waals surface area contributed by atoms with Crippen LogP contribution in [0.25, 0.3) is 0 Å². The van der Waals surface area contributed by atoms with Gasteiger partial charge in [0.1, 0.15) is 0 Å². The molecule has 0 unspecified atom stereocenters. The average Bonchev–Trinajstić information content (AvgIpc) is 2.94. The first-order valence-electron chi connectivity index (χ1n) is 7.17. The Hall–Kier alpha value is -1.95. The number of amides is 1. The molecule has 2 aliphatic rings. The number of hydrogen-bond acceptors (Lipinski definition) is 5. The molecule has 6 heteroatoms. The van der Waals surface area contributed by atoms with Crippen LogP contribution in [0.15, 0.2) is 29.9 Å². The summed E-state index contributed by atoms with van der Waals surface area (Å²) in [6.45, 7) is 3.09. The largest absolute Gasteiger partial charge is 0.339 e. The van der Waals surface area contributed by atoms with Gasteiger partial charge in [-0.15, -0.1) is 11.3 Å². The first kappa shape index (κ1) is 12.8. The average molecular weight is 300 g/mol. The van der Waals surface area contributed by atoms with Gasteiger partial charge in [-0.2, -0.15) is 0 Å². The fourth-order valence-electron chi connectivity index (χ4n) is 2.95. The number of carbonyl (C=O) groups is 1. The van der Waals surface area contributed by atoms with E-state index in [0.717, 1.165) is 38.5 Å². The summed E-state index contributed by atoms with van der Waals surface area (Å²) in [6.07, 6.45) is 4.47. The monoisotopic (exact) mass is 300 g/mol. The Morgan fingerprint density at radius 2 is 2.10 bits per heavy atom. The van der Waals surface area contributed by atoms with E-state index >= 15 is 0 Å². The van der Waals surface area contributed by atoms with Crippen molar-refractivity contribution in [1.82, 2.24) is 14.9 Å². The van der Waals surface area contributed by atoms with E-state index in [1.807, 2.05) is 4.90 Å². The fraction of sp³-hybridized carbons (Fsp3) is 0.400. The first-order valence-corrected chi connectivity index (χ1v) is 8.05. The van der Waals surface area contributed by atoms with E-state index in [2.05, 4.69) is 26.3 Å². The minimum Gasteiger partial charge on any atom is -0.339 e. The maximum absolute atomic E-state index is 12.6. The van der Waals surface area contributed by atoms with Crippen LogP contribution in [0.5, 0.6) is 0 Å². The second kappa shape index (κ2) is 5.11. The summed E-state index contributed by atoms with van der Waals surface area (Å²) in [5, 5.41) is 2.12. The van der Waals surface area contributed by atoms with Crippen molar-refractivity contribution in [2.24, 2.45) is 5.92 Å². The van der Waals surface area contributed by atoms with Gasteiger partial charge < -0.3 is 9.80 Å². The molecule has 1 saturated heterocycles. The lowest BCUT2D eigenvalue weighted by Crippen LogP contribution is -2.55. The van der Waals surface area contributed by atoms with E-state index in [1.54, 1.807) is 29.8 Å². The lowest BCUT2D eigenvalue weighted by molar-refractivity contribution is -0.137. The van der Waals surface area contributed by atoms with Crippen molar-refractivity contribution in [2.45, 2.75) is 13.0 Å². The SMILES string of the molecule is O=C(C1CN(c2ncccn2)C1)N1CCc2sccc2C1. The molecule has 0 spiro atoms. The van der Waals surface area contributed by atoms with Crippen LogP contribution in [0.2, 0.25) is 0 Å². The maximum Gasteiger partial charge on any atom is 0.229 e. The topological polar surface area (TPSA) is 49.3 Å². The second-order valence-electron chi connectivity index (χ2n) is 5.53. The van der Waals surface area contributed by atoms with Crippen LogP contribution < -0.4 is 4.90 Å². The number of nitrogens with zero attached hydrogens (tertiary/aromatic N) is 4. The molecule has 5 nitrogen and oxygen atoms in total. The predicted octanol–water partition coefficient (Wildman–Crippen LogP) is 1.56. The lowest BCUT2D eigenvalue weighted by Gasteiger charge is -2.41. The van der Waals surface area contributed by atoms with Crippen molar-refractivity contribution in [3.8, 4) is 0 Å². The minimum atomic E-state index is 0.0917. The third-order valence-electron chi connectivity index (χ3n) is 4.19. The molecule has 2 aliphatic heterocycles. The molecule has 0 N–H and O–H groups in total. The van der Waals surface area contributed by atoms with Crippen LogP contribution in [0, 0.1) is 5.92 Å². The Bertz CT molecular complexity index is 651. The lowest BCUT2D eigenvalue weighted by atomic mass is 9.97. The van der Waals surface area contributed by atoms with Crippen molar-refractivity contribution in [3.63, 3.8) is 0 Å². The molecule has 1 fully saturated rings. The zero-order chi connectivity index (χ0) is 14.2. The van der Waals surface area contributed by atoms with E-state index < -0.39 is 0 Å². The number of aromatic nitrogens is 2. The van der Waals surface area contributed by atoms with E-state index in [0.29, 0.717) is 0 Å². The number of fused-ring (bicyclic) bond motifs is 1. The summed E-state index contributed by atoms with van der Waals surface area (Å²) in [4.78, 5) is 26.5. The highest BCUT2D eigenvalue weighted by molar-refractivity contribution is 7.10. The summed E-state index contributed by atoms with van der Waals surface area (Å²) < 4.78 is 0. The van der Waals surface area contributed by atoms with Crippen molar-refractivity contribution >= 4 is 23.2 Å². The maximum atomic E-state index is 12.6. The predicted molar refractivity (Wildman–Crippen MR) is 81.2 cm³/mol. The van der Waals surface area contributed by atoms with E-state index in [4.69, 9.17) is 0 Å². The van der Waals surface area contributed by atoms with Crippen molar-refractivity contribution in [3.05, 3.63) is 40.3 Å². The highest BCUT2D eigenvalue weighted by atomic mass is 32.1. The summed E-state index contributed by atoms with van der Waals surface area (Å²) in [5.74, 6) is 1.09. The van der Waals surface area contributed by atoms with Gasteiger partial charge in [0, 0.05) is 43.4 Å². The van der Waals surface area contributed by atoms with Crippen LogP contribution in [-0.2, 0) is 17.8 Å². The van der Waals surface area contributed by atoms with Crippen LogP contribution in [-0.4, -0.2) is 40.4 Å². The molecule has 0 saturated carbocycles. The molecule has 1 amide bonds. The Balaban J connectivity index is 1.38. The fourth-order valence-corrected chi connectivity index (χ4v) is 3.84. The van der Waals surface area contributed by atoms with E-state index in [9.17, 15) is 4.79 Å². The summed E-state index contributed by atoms with van der Waals surface area (Å²) >= 11 is 1.80. The van der Waals surface area contributed by atoms with Crippen molar-refractivity contribution < 1.29 is 4.79 Å². The molecule has 4 heterocycles. The molecule has 2 aromatic heterocycles. The Morgan fingerprint density at radius 3 is 2.90 bits per heavy atom. The molecule has 0 atom stereocenters. The Labute approximate surface area is 127 Å². The van der Waals surface area contributed by atoms with Gasteiger partial charge in [0.25, 0.3) is 0 Å². The number of thiophene rings is 1. The van der Waals surface area contributed by atoms with Gasteiger partial charge in [-0.3, -0.25) is 4.79 Å². The molecular formula is C15H16N4OS. The standard InChI is InChI=1S/C15H16N4OS/c20-14(18-6-2-13-11(8-18)3-7-21-13)12-9-19(10-12)15-16-4-1-5-17-15/h1,3-5,7,12H,2,6,8-10H2. The van der Waals surface area contributed by atoms with Gasteiger partial charge in [-0.25, -0.2) is 9.97 Å². The Morgan fingerprint density at radius 1 is 1.29 bits per heavy atom. The summed E-state index contributed by atoms with van der Waals surface area (Å²) in [7, 11) is 0. The molecule has 0 bridgehead atoms. The third kappa shape index (κ3) is 2.29. The van der Waals surface area contributed by atoms with E-state index in [-0.39, 0.29) is 11.8 Å². The minimum absolute atomic E-state index is 0.0917. The third-order valence-corrected chi connectivity index (χ3v) is 5.21. The van der Waals surface area contributed by atoms with Crippen LogP contribution in [0.3, 0.4) is 0 Å². The molecular weight excluding hydrogens is 284 g/mol. The van der Waals surface area contributed by atoms with Gasteiger partial charge in [-0.05, 0) is 29.5 Å². The van der Waals surface area contributed by atoms with Crippen molar-refractivity contribution in [1.29, 1.82) is 0 Å². The molecule has 4 rings (SSSR count). The summed E-state index contributed by atoms with van der Waals surface area (Å²) in [6, 6.07) is 3.95. The van der Waals surface area contributed by atoms with E-state index in [1.165, 1.54) is 10.4 Å². The van der Waals surface area contributed by atoms with Crippen molar-refractivity contribution in [2.75, 3.05) is 24.5 Å². The van der Waals surface area contributed by atoms with Gasteiger partial charge in [0.2, 0.25) is 11.9 Å². The van der Waals surface area contributed by atoms with Crippen LogP contribution >= 0.6 is 11.3 Å². The molecule has 0 aliphatic carbocycles. The van der Waals surface area contributed by atoms with Crippen LogP contribution in [0.1, 0.15) is 10.4 Å². The highest BCUT2D eigenvalue weighted by Gasteiger charge is 2.37. The quantitative estimate of drug-likeness (QED) is 0.844. The van der Waals surface area contributed by atoms with Crippen LogP contribution in [0.4, 0.5) is 5.95 Å². The molecule has 0 aromatic carbocycles. The van der Waals surface area contributed by atoms with Gasteiger partial charge in [0.05, 0.1) is 5.92 Å². The molecule has 2 aromatic rings. The number of anilines is 1. The van der Waals surface area contributed by atoms with Gasteiger partial charge in [-0.1, -0.05) is 0 Å². The highest BCUT2D eigenvalue weighted by Crippen LogP contribution is 2.27. The summed E-state index contributed by atoms with van der Waals surface area (Å²) in [5.41, 5.74) is 1.32. The van der Waals surface area contributed by atoms with Gasteiger partial charge in [0.15, 0.2) is 0 Å². The number of rotatable bonds is 2. The Kier molecular flexibility index (Phi) is 3.11. The normalized spacial score (nSPS) is 18.3. The van der Waals surface area contributed by atoms with Gasteiger partial charge >= 0.3 is 0 Å². The smallest absolute Gasteiger partial charge is 0.229 e. The number of carbonyl (C=O) groups excluding carboxylic acids is 1. The number of hydrogen-bond donors (Lipinski definition) is 0. The molecule has 0 radical (unpaired) electrons. The second-order valence-corrected chi connectivity index (χ2v) is 6.53. The first-order chi connectivity index (χ1) is 10.3. The molecule has 108 valence electrons. The molecule has 21 heavy (non-hydrogen) atoms. The zero-order valence-corrected chi connectivity index (χ0v) is 12.4.